The molecule has 0 unspecified atom stereocenters. The summed E-state index contributed by atoms with van der Waals surface area (Å²) in [6, 6.07) is 8.11. The van der Waals surface area contributed by atoms with E-state index in [9.17, 15) is 9.59 Å². The highest BCUT2D eigenvalue weighted by molar-refractivity contribution is 5.77. The van der Waals surface area contributed by atoms with Crippen molar-refractivity contribution in [2.24, 2.45) is 0 Å². The first-order valence-electron chi connectivity index (χ1n) is 9.67. The van der Waals surface area contributed by atoms with Gasteiger partial charge in [0.1, 0.15) is 5.75 Å². The van der Waals surface area contributed by atoms with E-state index in [4.69, 9.17) is 9.84 Å². The molecule has 27 heavy (non-hydrogen) atoms. The fourth-order valence-electron chi connectivity index (χ4n) is 3.44. The third-order valence-electron chi connectivity index (χ3n) is 5.16. The summed E-state index contributed by atoms with van der Waals surface area (Å²) in [5.41, 5.74) is 1.32. The maximum atomic E-state index is 12.4. The number of hydrogen-bond donors (Lipinski definition) is 1. The monoisotopic (exact) mass is 376 g/mol. The molecule has 0 saturated carbocycles. The number of benzene rings is 1. The minimum atomic E-state index is -0.804. The van der Waals surface area contributed by atoms with Crippen LogP contribution in [0, 0.1) is 0 Å². The highest BCUT2D eigenvalue weighted by Gasteiger charge is 2.27. The quantitative estimate of drug-likeness (QED) is 0.792. The Bertz CT molecular complexity index is 629. The zero-order chi connectivity index (χ0) is 20.0. The van der Waals surface area contributed by atoms with Crippen LogP contribution in [-0.2, 0) is 15.0 Å². The van der Waals surface area contributed by atoms with Crippen LogP contribution < -0.4 is 4.74 Å². The zero-order valence-corrected chi connectivity index (χ0v) is 16.9. The van der Waals surface area contributed by atoms with Crippen LogP contribution in [0.2, 0.25) is 0 Å². The van der Waals surface area contributed by atoms with Crippen LogP contribution in [0.4, 0.5) is 0 Å². The van der Waals surface area contributed by atoms with E-state index in [1.165, 1.54) is 5.56 Å². The molecule has 1 saturated heterocycles. The Morgan fingerprint density at radius 1 is 1.19 bits per heavy atom. The maximum Gasteiger partial charge on any atom is 0.317 e. The molecule has 0 bridgehead atoms. The van der Waals surface area contributed by atoms with Gasteiger partial charge < -0.3 is 14.7 Å². The number of likely N-dealkylation sites (N-methyl/N-ethyl adjacent to an activating group) is 1. The van der Waals surface area contributed by atoms with Crippen molar-refractivity contribution < 1.29 is 19.4 Å². The van der Waals surface area contributed by atoms with E-state index >= 15 is 0 Å². The lowest BCUT2D eigenvalue weighted by Gasteiger charge is -2.37. The van der Waals surface area contributed by atoms with Gasteiger partial charge in [0, 0.05) is 19.1 Å². The van der Waals surface area contributed by atoms with Gasteiger partial charge in [-0.3, -0.25) is 14.5 Å². The Labute approximate surface area is 162 Å². The minimum absolute atomic E-state index is 0.0189. The Kier molecular flexibility index (Phi) is 7.25. The van der Waals surface area contributed by atoms with Gasteiger partial charge in [0.15, 0.2) is 6.61 Å². The molecular formula is C21H32N2O4. The maximum absolute atomic E-state index is 12.4. The Balaban J connectivity index is 1.80. The molecule has 1 aliphatic rings. The van der Waals surface area contributed by atoms with Crippen molar-refractivity contribution in [3.63, 3.8) is 0 Å². The first-order valence-corrected chi connectivity index (χ1v) is 9.67. The van der Waals surface area contributed by atoms with Gasteiger partial charge in [-0.25, -0.2) is 0 Å². The second kappa shape index (κ2) is 9.22. The van der Waals surface area contributed by atoms with Crippen molar-refractivity contribution in [3.05, 3.63) is 29.8 Å². The van der Waals surface area contributed by atoms with Crippen molar-refractivity contribution in [2.75, 3.05) is 32.8 Å². The number of likely N-dealkylation sites (tertiary alicyclic amines) is 1. The van der Waals surface area contributed by atoms with Gasteiger partial charge in [-0.05, 0) is 42.5 Å². The van der Waals surface area contributed by atoms with Gasteiger partial charge in [-0.15, -0.1) is 0 Å². The minimum Gasteiger partial charge on any atom is -0.484 e. The number of amides is 1. The summed E-state index contributed by atoms with van der Waals surface area (Å²) < 4.78 is 5.66. The number of nitrogens with zero attached hydrogens (tertiary/aromatic N) is 2. The summed E-state index contributed by atoms with van der Waals surface area (Å²) in [7, 11) is 0. The van der Waals surface area contributed by atoms with E-state index in [2.05, 4.69) is 20.8 Å². The van der Waals surface area contributed by atoms with Crippen molar-refractivity contribution in [3.8, 4) is 5.75 Å². The molecule has 150 valence electrons. The molecule has 1 aliphatic heterocycles. The molecule has 0 atom stereocenters. The zero-order valence-electron chi connectivity index (χ0n) is 16.9. The van der Waals surface area contributed by atoms with Crippen molar-refractivity contribution in [1.29, 1.82) is 0 Å². The van der Waals surface area contributed by atoms with E-state index in [1.807, 2.05) is 41.0 Å². The largest absolute Gasteiger partial charge is 0.484 e. The van der Waals surface area contributed by atoms with Crippen LogP contribution in [0.25, 0.3) is 0 Å². The molecule has 1 aromatic rings. The van der Waals surface area contributed by atoms with E-state index < -0.39 is 5.97 Å². The molecule has 0 spiro atoms. The lowest BCUT2D eigenvalue weighted by Crippen LogP contribution is -2.49. The van der Waals surface area contributed by atoms with Gasteiger partial charge in [0.25, 0.3) is 5.91 Å². The summed E-state index contributed by atoms with van der Waals surface area (Å²) in [6.07, 6.45) is 1.60. The molecule has 1 fully saturated rings. The smallest absolute Gasteiger partial charge is 0.317 e. The fourth-order valence-corrected chi connectivity index (χ4v) is 3.44. The number of carbonyl (C=O) groups excluding carboxylic acids is 1. The molecule has 0 radical (unpaired) electrons. The second-order valence-electron chi connectivity index (χ2n) is 8.13. The van der Waals surface area contributed by atoms with Gasteiger partial charge in [0.2, 0.25) is 0 Å². The predicted molar refractivity (Wildman–Crippen MR) is 105 cm³/mol. The molecular weight excluding hydrogens is 344 g/mol. The van der Waals surface area contributed by atoms with Crippen LogP contribution in [-0.4, -0.2) is 65.6 Å². The molecule has 6 nitrogen and oxygen atoms in total. The number of ether oxygens (including phenoxy) is 1. The number of rotatable bonds is 7. The number of aliphatic carboxylic acids is 1. The molecule has 1 aromatic carbocycles. The average Bonchev–Trinajstić information content (AvgIpc) is 2.64. The SMILES string of the molecule is CCN(CC(=O)O)C1CCN(C(=O)COc2ccc(C(C)(C)C)cc2)CC1. The number of hydrogen-bond acceptors (Lipinski definition) is 4. The number of piperidine rings is 1. The standard InChI is InChI=1S/C21H32N2O4/c1-5-22(14-20(25)26)17-10-12-23(13-11-17)19(24)15-27-18-8-6-16(7-9-18)21(2,3)4/h6-9,17H,5,10-15H2,1-4H3,(H,25,26). The van der Waals surface area contributed by atoms with Gasteiger partial charge in [0.05, 0.1) is 6.54 Å². The van der Waals surface area contributed by atoms with E-state index in [1.54, 1.807) is 0 Å². The highest BCUT2D eigenvalue weighted by Crippen LogP contribution is 2.24. The number of carboxylic acids is 1. The average molecular weight is 376 g/mol. The molecule has 0 aromatic heterocycles. The Hall–Kier alpha value is -2.08. The Morgan fingerprint density at radius 2 is 1.78 bits per heavy atom. The third kappa shape index (κ3) is 6.24. The lowest BCUT2D eigenvalue weighted by molar-refractivity contribution is -0.140. The van der Waals surface area contributed by atoms with E-state index in [0.29, 0.717) is 25.4 Å². The van der Waals surface area contributed by atoms with Crippen molar-refractivity contribution >= 4 is 11.9 Å². The van der Waals surface area contributed by atoms with Crippen LogP contribution in [0.3, 0.4) is 0 Å². The van der Waals surface area contributed by atoms with Crippen LogP contribution in [0.15, 0.2) is 24.3 Å². The molecule has 1 amide bonds. The summed E-state index contributed by atoms with van der Waals surface area (Å²) >= 11 is 0. The normalized spacial score (nSPS) is 15.8. The van der Waals surface area contributed by atoms with Gasteiger partial charge >= 0.3 is 5.97 Å². The molecule has 0 aliphatic carbocycles. The summed E-state index contributed by atoms with van der Waals surface area (Å²) in [6.45, 7) is 10.5. The molecule has 2 rings (SSSR count). The second-order valence-corrected chi connectivity index (χ2v) is 8.13. The molecule has 6 heteroatoms. The topological polar surface area (TPSA) is 70.1 Å². The molecule has 1 heterocycles. The molecule has 1 N–H and O–H groups in total. The van der Waals surface area contributed by atoms with Crippen molar-refractivity contribution in [2.45, 2.75) is 52.0 Å². The first-order chi connectivity index (χ1) is 12.7. The summed E-state index contributed by atoms with van der Waals surface area (Å²) in [4.78, 5) is 27.2. The summed E-state index contributed by atoms with van der Waals surface area (Å²) in [5.74, 6) is -0.124. The predicted octanol–water partition coefficient (Wildman–Crippen LogP) is 2.76. The highest BCUT2D eigenvalue weighted by atomic mass is 16.5. The number of carbonyl (C=O) groups is 2. The van der Waals surface area contributed by atoms with Crippen LogP contribution in [0.1, 0.15) is 46.1 Å². The number of carboxylic acid groups (broad SMARTS) is 1. The Morgan fingerprint density at radius 3 is 2.26 bits per heavy atom. The fraction of sp³-hybridized carbons (Fsp3) is 0.619. The van der Waals surface area contributed by atoms with Crippen molar-refractivity contribution in [1.82, 2.24) is 9.80 Å². The lowest BCUT2D eigenvalue weighted by atomic mass is 9.87. The van der Waals surface area contributed by atoms with Crippen LogP contribution in [0.5, 0.6) is 5.75 Å². The third-order valence-corrected chi connectivity index (χ3v) is 5.16. The summed E-state index contributed by atoms with van der Waals surface area (Å²) in [5, 5.41) is 9.00. The van der Waals surface area contributed by atoms with Gasteiger partial charge in [-0.1, -0.05) is 39.8 Å². The first kappa shape index (κ1) is 21.2. The van der Waals surface area contributed by atoms with Crippen LogP contribution >= 0.6 is 0 Å². The van der Waals surface area contributed by atoms with E-state index in [0.717, 1.165) is 12.8 Å². The van der Waals surface area contributed by atoms with Gasteiger partial charge in [-0.2, -0.15) is 0 Å². The van der Waals surface area contributed by atoms with E-state index in [-0.39, 0.29) is 30.5 Å².